The quantitative estimate of drug-likeness (QED) is 0.269. The molecule has 3 aromatic rings. The van der Waals surface area contributed by atoms with Gasteiger partial charge in [0.25, 0.3) is 0 Å². The van der Waals surface area contributed by atoms with E-state index in [0.717, 1.165) is 33.4 Å². The fraction of sp³-hybridized carbons (Fsp3) is 0.424. The Labute approximate surface area is 249 Å². The number of benzene rings is 3. The highest BCUT2D eigenvalue weighted by atomic mass is 32.2. The number of ether oxygens (including phenoxy) is 2. The number of hydrogen-bond acceptors (Lipinski definition) is 6. The molecule has 3 aromatic carbocycles. The number of carbonyl (C=O) groups is 1. The molecule has 4 rings (SSSR count). The molecule has 2 unspecified atom stereocenters. The van der Waals surface area contributed by atoms with Crippen LogP contribution in [0, 0.1) is 19.7 Å². The van der Waals surface area contributed by atoms with Gasteiger partial charge in [0.2, 0.25) is 10.0 Å². The summed E-state index contributed by atoms with van der Waals surface area (Å²) in [4.78, 5) is 15.0. The average Bonchev–Trinajstić information content (AvgIpc) is 3.02. The molecule has 0 N–H and O–H groups in total. The van der Waals surface area contributed by atoms with Crippen LogP contribution in [-0.2, 0) is 32.6 Å². The van der Waals surface area contributed by atoms with E-state index in [9.17, 15) is 17.6 Å². The average molecular weight is 597 g/mol. The van der Waals surface area contributed by atoms with E-state index in [4.69, 9.17) is 9.47 Å². The highest BCUT2D eigenvalue weighted by Gasteiger charge is 2.34. The Hall–Kier alpha value is -3.27. The van der Waals surface area contributed by atoms with Gasteiger partial charge in [-0.3, -0.25) is 4.79 Å². The summed E-state index contributed by atoms with van der Waals surface area (Å²) in [5, 5.41) is 0. The van der Waals surface area contributed by atoms with Crippen molar-refractivity contribution in [2.45, 2.75) is 70.5 Å². The van der Waals surface area contributed by atoms with Crippen LogP contribution in [0.5, 0.6) is 5.75 Å². The molecule has 0 saturated heterocycles. The topological polar surface area (TPSA) is 76.1 Å². The summed E-state index contributed by atoms with van der Waals surface area (Å²) in [6.45, 7) is 8.67. The zero-order chi connectivity index (χ0) is 30.6. The third-order valence-electron chi connectivity index (χ3n) is 7.69. The van der Waals surface area contributed by atoms with Crippen molar-refractivity contribution in [1.29, 1.82) is 0 Å². The van der Waals surface area contributed by atoms with Crippen LogP contribution in [0.25, 0.3) is 0 Å². The lowest BCUT2D eigenvalue weighted by Crippen LogP contribution is -2.36. The van der Waals surface area contributed by atoms with Gasteiger partial charge < -0.3 is 14.4 Å². The van der Waals surface area contributed by atoms with Gasteiger partial charge in [-0.05, 0) is 98.9 Å². The normalized spacial score (nSPS) is 17.3. The summed E-state index contributed by atoms with van der Waals surface area (Å²) in [7, 11) is 0.00261. The third-order valence-corrected chi connectivity index (χ3v) is 9.55. The zero-order valence-corrected chi connectivity index (χ0v) is 26.1. The van der Waals surface area contributed by atoms with Gasteiger partial charge in [0.15, 0.2) is 0 Å². The van der Waals surface area contributed by atoms with E-state index in [2.05, 4.69) is 0 Å². The Bertz CT molecular complexity index is 1540. The van der Waals surface area contributed by atoms with Crippen LogP contribution >= 0.6 is 0 Å². The maximum Gasteiger partial charge on any atom is 0.306 e. The molecule has 9 heteroatoms. The van der Waals surface area contributed by atoms with Gasteiger partial charge >= 0.3 is 5.97 Å². The van der Waals surface area contributed by atoms with Crippen molar-refractivity contribution >= 4 is 16.0 Å². The number of nitrogens with zero attached hydrogens (tertiary/aromatic N) is 2. The number of sulfonamides is 1. The van der Waals surface area contributed by atoms with Crippen molar-refractivity contribution < 1.29 is 27.1 Å². The highest BCUT2D eigenvalue weighted by molar-refractivity contribution is 7.89. The number of aryl methyl sites for hydroxylation is 2. The molecule has 0 aliphatic carbocycles. The molecule has 0 bridgehead atoms. The SMILES string of the molecule is CCOC(=O)CC(c1ccc(C)c(CN2CC(CC)Oc3ccccc3S2(=O)=O)c1)c1c(C)cc(F)cc1CN(C)C. The summed E-state index contributed by atoms with van der Waals surface area (Å²) < 4.78 is 55.2. The van der Waals surface area contributed by atoms with Crippen molar-refractivity contribution in [2.24, 2.45) is 0 Å². The second kappa shape index (κ2) is 13.4. The molecule has 42 heavy (non-hydrogen) atoms. The fourth-order valence-electron chi connectivity index (χ4n) is 5.64. The van der Waals surface area contributed by atoms with Crippen LogP contribution in [0.15, 0.2) is 59.5 Å². The largest absolute Gasteiger partial charge is 0.488 e. The Morgan fingerprint density at radius 3 is 2.50 bits per heavy atom. The van der Waals surface area contributed by atoms with E-state index in [-0.39, 0.29) is 48.9 Å². The number of hydrogen-bond donors (Lipinski definition) is 0. The Morgan fingerprint density at radius 2 is 1.81 bits per heavy atom. The number of fused-ring (bicyclic) bond motifs is 1. The standard InChI is InChI=1S/C33H41FN2O5S/c1-7-28-21-36(42(38,39)31-12-10-9-11-30(31)41-28)20-25-16-24(14-13-22(25)3)29(18-32(37)40-8-2)33-23(4)15-27(34)17-26(33)19-35(5)6/h9-17,28-29H,7-8,18-21H2,1-6H3. The van der Waals surface area contributed by atoms with Crippen LogP contribution in [0.2, 0.25) is 0 Å². The van der Waals surface area contributed by atoms with E-state index in [1.165, 1.54) is 16.4 Å². The number of esters is 1. The summed E-state index contributed by atoms with van der Waals surface area (Å²) in [6.07, 6.45) is 0.433. The van der Waals surface area contributed by atoms with Gasteiger partial charge in [-0.15, -0.1) is 0 Å². The van der Waals surface area contributed by atoms with Gasteiger partial charge in [-0.2, -0.15) is 4.31 Å². The molecular weight excluding hydrogens is 555 g/mol. The number of rotatable bonds is 10. The van der Waals surface area contributed by atoms with E-state index >= 15 is 0 Å². The summed E-state index contributed by atoms with van der Waals surface area (Å²) >= 11 is 0. The minimum absolute atomic E-state index is 0.0738. The minimum Gasteiger partial charge on any atom is -0.488 e. The Kier molecular flexibility index (Phi) is 10.1. The lowest BCUT2D eigenvalue weighted by Gasteiger charge is -2.26. The number of para-hydroxylation sites is 1. The van der Waals surface area contributed by atoms with Crippen LogP contribution in [0.4, 0.5) is 4.39 Å². The molecule has 1 aliphatic rings. The maximum absolute atomic E-state index is 14.6. The van der Waals surface area contributed by atoms with Gasteiger partial charge in [0.1, 0.15) is 22.6 Å². The van der Waals surface area contributed by atoms with Crippen molar-refractivity contribution in [3.8, 4) is 5.75 Å². The molecule has 0 aromatic heterocycles. The van der Waals surface area contributed by atoms with Gasteiger partial charge in [-0.25, -0.2) is 12.8 Å². The van der Waals surface area contributed by atoms with Crippen LogP contribution in [0.1, 0.15) is 66.0 Å². The van der Waals surface area contributed by atoms with Gasteiger partial charge in [-0.1, -0.05) is 37.3 Å². The molecule has 0 amide bonds. The smallest absolute Gasteiger partial charge is 0.306 e. The third kappa shape index (κ3) is 7.02. The predicted octanol–water partition coefficient (Wildman–Crippen LogP) is 5.95. The zero-order valence-electron chi connectivity index (χ0n) is 25.3. The predicted molar refractivity (Wildman–Crippen MR) is 162 cm³/mol. The lowest BCUT2D eigenvalue weighted by molar-refractivity contribution is -0.143. The molecular formula is C33H41FN2O5S. The second-order valence-corrected chi connectivity index (χ2v) is 13.1. The van der Waals surface area contributed by atoms with Crippen LogP contribution in [-0.4, -0.2) is 56.9 Å². The fourth-order valence-corrected chi connectivity index (χ4v) is 7.21. The number of carbonyl (C=O) groups excluding carboxylic acids is 1. The first kappa shape index (κ1) is 31.7. The van der Waals surface area contributed by atoms with Gasteiger partial charge in [0, 0.05) is 19.0 Å². The highest BCUT2D eigenvalue weighted by Crippen LogP contribution is 2.37. The monoisotopic (exact) mass is 596 g/mol. The molecule has 0 spiro atoms. The van der Waals surface area contributed by atoms with Crippen molar-refractivity contribution in [2.75, 3.05) is 27.2 Å². The van der Waals surface area contributed by atoms with E-state index < -0.39 is 15.9 Å². The summed E-state index contributed by atoms with van der Waals surface area (Å²) in [5.74, 6) is -0.718. The molecule has 0 saturated carbocycles. The lowest BCUT2D eigenvalue weighted by atomic mass is 9.82. The first-order chi connectivity index (χ1) is 19.9. The first-order valence-corrected chi connectivity index (χ1v) is 15.8. The first-order valence-electron chi connectivity index (χ1n) is 14.4. The number of halogens is 1. The molecule has 1 heterocycles. The summed E-state index contributed by atoms with van der Waals surface area (Å²) in [5.41, 5.74) is 5.02. The molecule has 0 radical (unpaired) electrons. The van der Waals surface area contributed by atoms with Crippen LogP contribution in [0.3, 0.4) is 0 Å². The molecule has 7 nitrogen and oxygen atoms in total. The van der Waals surface area contributed by atoms with Crippen molar-refractivity contribution in [1.82, 2.24) is 9.21 Å². The molecule has 226 valence electrons. The maximum atomic E-state index is 14.6. The molecule has 1 aliphatic heterocycles. The summed E-state index contributed by atoms with van der Waals surface area (Å²) in [6, 6.07) is 15.7. The van der Waals surface area contributed by atoms with Crippen molar-refractivity contribution in [3.63, 3.8) is 0 Å². The van der Waals surface area contributed by atoms with Crippen molar-refractivity contribution in [3.05, 3.63) is 93.8 Å². The van der Waals surface area contributed by atoms with Crippen LogP contribution < -0.4 is 4.74 Å². The Balaban J connectivity index is 1.80. The Morgan fingerprint density at radius 1 is 1.07 bits per heavy atom. The van der Waals surface area contributed by atoms with E-state index in [1.54, 1.807) is 31.2 Å². The second-order valence-electron chi connectivity index (χ2n) is 11.2. The van der Waals surface area contributed by atoms with E-state index in [1.807, 2.05) is 58.0 Å². The van der Waals surface area contributed by atoms with E-state index in [0.29, 0.717) is 18.7 Å². The minimum atomic E-state index is -3.83. The van der Waals surface area contributed by atoms with Gasteiger partial charge in [0.05, 0.1) is 19.6 Å². The molecule has 2 atom stereocenters. The molecule has 0 fully saturated rings.